The van der Waals surface area contributed by atoms with Crippen LogP contribution >= 0.6 is 27.5 Å². The summed E-state index contributed by atoms with van der Waals surface area (Å²) < 4.78 is 25.2. The molecule has 0 fully saturated rings. The van der Waals surface area contributed by atoms with E-state index < -0.39 is 6.43 Å². The number of hydrogen-bond donors (Lipinski definition) is 0. The molecule has 1 nitrogen and oxygen atoms in total. The van der Waals surface area contributed by atoms with Gasteiger partial charge in [0.25, 0.3) is 6.43 Å². The molecule has 0 bridgehead atoms. The van der Waals surface area contributed by atoms with Crippen LogP contribution in [0.1, 0.15) is 28.8 Å². The van der Waals surface area contributed by atoms with Gasteiger partial charge in [-0.25, -0.2) is 8.78 Å². The molecule has 0 heterocycles. The zero-order valence-electron chi connectivity index (χ0n) is 7.64. The van der Waals surface area contributed by atoms with Gasteiger partial charge >= 0.3 is 0 Å². The molecule has 0 aliphatic heterocycles. The van der Waals surface area contributed by atoms with Crippen LogP contribution in [-0.4, -0.2) is 11.1 Å². The number of alkyl halides is 3. The fourth-order valence-electron chi connectivity index (χ4n) is 1.19. The first-order valence-electron chi connectivity index (χ1n) is 4.23. The molecule has 82 valence electrons. The lowest BCUT2D eigenvalue weighted by Crippen LogP contribution is -2.04. The van der Waals surface area contributed by atoms with Gasteiger partial charge in [0.05, 0.1) is 0 Å². The molecule has 0 radical (unpaired) electrons. The number of carbonyl (C=O) groups is 1. The predicted octanol–water partition coefficient (Wildman–Crippen LogP) is 4.25. The van der Waals surface area contributed by atoms with Crippen molar-refractivity contribution in [2.24, 2.45) is 0 Å². The average molecular weight is 298 g/mol. The van der Waals surface area contributed by atoms with E-state index in [0.29, 0.717) is 5.33 Å². The second-order valence-electron chi connectivity index (χ2n) is 2.89. The van der Waals surface area contributed by atoms with Crippen molar-refractivity contribution in [1.29, 1.82) is 0 Å². The lowest BCUT2D eigenvalue weighted by Gasteiger charge is -2.07. The van der Waals surface area contributed by atoms with Gasteiger partial charge in [0, 0.05) is 27.9 Å². The van der Waals surface area contributed by atoms with E-state index in [0.717, 1.165) is 6.07 Å². The Bertz CT molecular complexity index is 368. The number of Topliss-reactive ketones (excluding diaryl/α,β-unsaturated/α-hetero) is 1. The molecule has 1 rings (SSSR count). The van der Waals surface area contributed by atoms with Crippen LogP contribution < -0.4 is 0 Å². The van der Waals surface area contributed by atoms with E-state index in [-0.39, 0.29) is 28.4 Å². The largest absolute Gasteiger partial charge is 0.294 e. The first kappa shape index (κ1) is 12.6. The monoisotopic (exact) mass is 296 g/mol. The van der Waals surface area contributed by atoms with Crippen molar-refractivity contribution in [3.8, 4) is 0 Å². The van der Waals surface area contributed by atoms with Crippen molar-refractivity contribution in [2.75, 3.05) is 5.33 Å². The fraction of sp³-hybridized carbons (Fsp3) is 0.300. The van der Waals surface area contributed by atoms with Crippen LogP contribution in [0.2, 0.25) is 5.02 Å². The summed E-state index contributed by atoms with van der Waals surface area (Å²) >= 11 is 8.68. The summed E-state index contributed by atoms with van der Waals surface area (Å²) in [5.41, 5.74) is -0.248. The molecule has 0 aliphatic rings. The summed E-state index contributed by atoms with van der Waals surface area (Å²) in [6.45, 7) is 0. The van der Waals surface area contributed by atoms with Gasteiger partial charge in [-0.3, -0.25) is 4.79 Å². The Balaban J connectivity index is 3.11. The van der Waals surface area contributed by atoms with Gasteiger partial charge in [-0.15, -0.1) is 0 Å². The number of hydrogen-bond acceptors (Lipinski definition) is 1. The van der Waals surface area contributed by atoms with E-state index in [9.17, 15) is 13.6 Å². The van der Waals surface area contributed by atoms with E-state index in [2.05, 4.69) is 15.9 Å². The molecule has 0 atom stereocenters. The van der Waals surface area contributed by atoms with Gasteiger partial charge < -0.3 is 0 Å². The van der Waals surface area contributed by atoms with Crippen molar-refractivity contribution in [1.82, 2.24) is 0 Å². The zero-order valence-corrected chi connectivity index (χ0v) is 9.99. The molecule has 1 aromatic rings. The normalized spacial score (nSPS) is 10.7. The third kappa shape index (κ3) is 3.24. The average Bonchev–Trinajstić information content (AvgIpc) is 2.17. The maximum atomic E-state index is 12.6. The molecule has 5 heteroatoms. The highest BCUT2D eigenvalue weighted by molar-refractivity contribution is 9.09. The minimum absolute atomic E-state index is 0.0499. The SMILES string of the molecule is O=C(CCBr)c1ccc(Cl)cc1C(F)F. The quantitative estimate of drug-likeness (QED) is 0.600. The van der Waals surface area contributed by atoms with Crippen LogP contribution in [0.25, 0.3) is 0 Å². The minimum Gasteiger partial charge on any atom is -0.294 e. The molecular weight excluding hydrogens is 289 g/mol. The lowest BCUT2D eigenvalue weighted by atomic mass is 10.0. The predicted molar refractivity (Wildman–Crippen MR) is 59.2 cm³/mol. The van der Waals surface area contributed by atoms with Crippen molar-refractivity contribution in [3.05, 3.63) is 34.3 Å². The van der Waals surface area contributed by atoms with Crippen LogP contribution in [0.15, 0.2) is 18.2 Å². The summed E-state index contributed by atoms with van der Waals surface area (Å²) in [5, 5.41) is 0.664. The number of rotatable bonds is 4. The summed E-state index contributed by atoms with van der Waals surface area (Å²) in [5.74, 6) is -0.307. The van der Waals surface area contributed by atoms with Crippen molar-refractivity contribution < 1.29 is 13.6 Å². The van der Waals surface area contributed by atoms with Crippen LogP contribution in [0.4, 0.5) is 8.78 Å². The molecule has 15 heavy (non-hydrogen) atoms. The van der Waals surface area contributed by atoms with E-state index in [1.54, 1.807) is 0 Å². The van der Waals surface area contributed by atoms with Crippen LogP contribution in [0.3, 0.4) is 0 Å². The maximum absolute atomic E-state index is 12.6. The third-order valence-electron chi connectivity index (χ3n) is 1.87. The molecule has 0 spiro atoms. The number of ketones is 1. The van der Waals surface area contributed by atoms with Gasteiger partial charge in [0.1, 0.15) is 0 Å². The van der Waals surface area contributed by atoms with Gasteiger partial charge in [-0.2, -0.15) is 0 Å². The highest BCUT2D eigenvalue weighted by Gasteiger charge is 2.17. The molecular formula is C10H8BrClF2O. The van der Waals surface area contributed by atoms with Crippen molar-refractivity contribution >= 4 is 33.3 Å². The van der Waals surface area contributed by atoms with E-state index in [4.69, 9.17) is 11.6 Å². The first-order chi connectivity index (χ1) is 7.06. The minimum atomic E-state index is -2.68. The number of benzene rings is 1. The highest BCUT2D eigenvalue weighted by atomic mass is 79.9. The molecule has 0 aromatic heterocycles. The van der Waals surface area contributed by atoms with Crippen LogP contribution in [0.5, 0.6) is 0 Å². The van der Waals surface area contributed by atoms with Gasteiger partial charge in [-0.1, -0.05) is 27.5 Å². The smallest absolute Gasteiger partial charge is 0.264 e. The van der Waals surface area contributed by atoms with Crippen molar-refractivity contribution in [3.63, 3.8) is 0 Å². The number of carbonyl (C=O) groups excluding carboxylic acids is 1. The Hall–Kier alpha value is -0.480. The van der Waals surface area contributed by atoms with Crippen LogP contribution in [-0.2, 0) is 0 Å². The van der Waals surface area contributed by atoms with Gasteiger partial charge in [0.15, 0.2) is 5.78 Å². The molecule has 0 aliphatic carbocycles. The molecule has 0 amide bonds. The second kappa shape index (κ2) is 5.56. The third-order valence-corrected chi connectivity index (χ3v) is 2.50. The summed E-state index contributed by atoms with van der Waals surface area (Å²) in [7, 11) is 0. The zero-order chi connectivity index (χ0) is 11.4. The summed E-state index contributed by atoms with van der Waals surface area (Å²) in [6.07, 6.45) is -2.49. The first-order valence-corrected chi connectivity index (χ1v) is 5.73. The molecule has 0 unspecified atom stereocenters. The molecule has 0 saturated carbocycles. The summed E-state index contributed by atoms with van der Waals surface area (Å²) in [4.78, 5) is 11.5. The Morgan fingerprint density at radius 2 is 2.13 bits per heavy atom. The van der Waals surface area contributed by atoms with E-state index in [1.165, 1.54) is 12.1 Å². The van der Waals surface area contributed by atoms with E-state index in [1.807, 2.05) is 0 Å². The summed E-state index contributed by atoms with van der Waals surface area (Å²) in [6, 6.07) is 3.91. The van der Waals surface area contributed by atoms with E-state index >= 15 is 0 Å². The Morgan fingerprint density at radius 3 is 2.67 bits per heavy atom. The standard InChI is InChI=1S/C10H8BrClF2O/c11-4-3-9(15)7-2-1-6(12)5-8(7)10(13)14/h1-2,5,10H,3-4H2. The Kier molecular flexibility index (Phi) is 4.67. The highest BCUT2D eigenvalue weighted by Crippen LogP contribution is 2.27. The molecule has 1 aromatic carbocycles. The van der Waals surface area contributed by atoms with Gasteiger partial charge in [0.2, 0.25) is 0 Å². The fourth-order valence-corrected chi connectivity index (χ4v) is 1.73. The molecule has 0 saturated heterocycles. The second-order valence-corrected chi connectivity index (χ2v) is 4.12. The number of halogens is 4. The molecule has 0 N–H and O–H groups in total. The lowest BCUT2D eigenvalue weighted by molar-refractivity contribution is 0.0976. The van der Waals surface area contributed by atoms with Crippen LogP contribution in [0, 0.1) is 0 Å². The van der Waals surface area contributed by atoms with Gasteiger partial charge in [-0.05, 0) is 18.2 Å². The maximum Gasteiger partial charge on any atom is 0.264 e. The topological polar surface area (TPSA) is 17.1 Å². The Labute approximate surface area is 99.6 Å². The van der Waals surface area contributed by atoms with Crippen molar-refractivity contribution in [2.45, 2.75) is 12.8 Å². The Morgan fingerprint density at radius 1 is 1.47 bits per heavy atom.